The number of H-pyrrole nitrogens is 1. The van der Waals surface area contributed by atoms with Gasteiger partial charge in [-0.2, -0.15) is 5.10 Å². The van der Waals surface area contributed by atoms with Crippen molar-refractivity contribution >= 4 is 50.2 Å². The first kappa shape index (κ1) is 8.29. The fourth-order valence-electron chi connectivity index (χ4n) is 0.895. The van der Waals surface area contributed by atoms with Crippen molar-refractivity contribution in [1.29, 1.82) is 0 Å². The molecule has 0 spiro atoms. The Bertz CT molecular complexity index is 440. The summed E-state index contributed by atoms with van der Waals surface area (Å²) in [5.74, 6) is 0. The van der Waals surface area contributed by atoms with E-state index in [1.165, 1.54) is 0 Å². The lowest BCUT2D eigenvalue weighted by molar-refractivity contribution is 1.10. The van der Waals surface area contributed by atoms with Crippen molar-refractivity contribution in [2.24, 2.45) is 0 Å². The quantitative estimate of drug-likeness (QED) is 0.745. The Morgan fingerprint density at radius 3 is 2.83 bits per heavy atom. The molecule has 0 amide bonds. The number of nitrogens with zero attached hydrogens (tertiary/aromatic N) is 2. The lowest BCUT2D eigenvalue weighted by atomic mass is 10.4. The van der Waals surface area contributed by atoms with Gasteiger partial charge in [0.15, 0.2) is 0 Å². The minimum absolute atomic E-state index is 0.356. The summed E-state index contributed by atoms with van der Waals surface area (Å²) in [6, 6.07) is 1.55. The molecule has 0 aliphatic rings. The number of rotatable bonds is 0. The first-order valence-corrected chi connectivity index (χ1v) is 4.59. The molecule has 2 aromatic rings. The summed E-state index contributed by atoms with van der Waals surface area (Å²) in [7, 11) is 0. The molecule has 0 saturated heterocycles. The minimum Gasteiger partial charge on any atom is -0.269 e. The van der Waals surface area contributed by atoms with Crippen LogP contribution in [-0.4, -0.2) is 15.2 Å². The molecule has 6 heteroatoms. The van der Waals surface area contributed by atoms with Gasteiger partial charge in [-0.3, -0.25) is 5.10 Å². The molecule has 0 unspecified atom stereocenters. The van der Waals surface area contributed by atoms with E-state index in [9.17, 15) is 0 Å². The van der Waals surface area contributed by atoms with E-state index in [2.05, 4.69) is 31.1 Å². The van der Waals surface area contributed by atoms with Gasteiger partial charge in [0.2, 0.25) is 0 Å². The fourth-order valence-corrected chi connectivity index (χ4v) is 1.75. The average molecular weight is 267 g/mol. The van der Waals surface area contributed by atoms with Crippen LogP contribution in [0.4, 0.5) is 0 Å². The van der Waals surface area contributed by atoms with Gasteiger partial charge < -0.3 is 0 Å². The largest absolute Gasteiger partial charge is 0.269 e. The number of pyridine rings is 1. The van der Waals surface area contributed by atoms with E-state index in [1.807, 2.05) is 0 Å². The molecule has 0 aliphatic carbocycles. The smallest absolute Gasteiger partial charge is 0.131 e. The third-order valence-electron chi connectivity index (χ3n) is 1.39. The molecule has 0 fully saturated rings. The second-order valence-corrected chi connectivity index (χ2v) is 3.75. The second kappa shape index (κ2) is 2.87. The lowest BCUT2D eigenvalue weighted by Crippen LogP contribution is -1.77. The maximum Gasteiger partial charge on any atom is 0.131 e. The standard InChI is InChI=1S/C6H2BrCl2N3/c7-6-5-4(11-12-6)2(8)1-3(9)10-5/h1H,(H,11,12). The van der Waals surface area contributed by atoms with Crippen LogP contribution in [0.1, 0.15) is 0 Å². The Hall–Kier alpha value is -0.320. The van der Waals surface area contributed by atoms with E-state index < -0.39 is 0 Å². The summed E-state index contributed by atoms with van der Waals surface area (Å²) < 4.78 is 0.682. The fraction of sp³-hybridized carbons (Fsp3) is 0. The van der Waals surface area contributed by atoms with Crippen LogP contribution in [0.5, 0.6) is 0 Å². The highest BCUT2D eigenvalue weighted by molar-refractivity contribution is 9.10. The number of nitrogens with one attached hydrogen (secondary N) is 1. The van der Waals surface area contributed by atoms with Crippen molar-refractivity contribution in [3.63, 3.8) is 0 Å². The van der Waals surface area contributed by atoms with Crippen molar-refractivity contribution in [1.82, 2.24) is 15.2 Å². The number of hydrogen-bond donors (Lipinski definition) is 1. The number of hydrogen-bond acceptors (Lipinski definition) is 2. The molecule has 0 atom stereocenters. The SMILES string of the molecule is Clc1cc(Cl)c2n[nH]c(Br)c2n1. The molecule has 12 heavy (non-hydrogen) atoms. The molecule has 2 heterocycles. The van der Waals surface area contributed by atoms with Gasteiger partial charge in [0.1, 0.15) is 20.8 Å². The van der Waals surface area contributed by atoms with Crippen LogP contribution in [-0.2, 0) is 0 Å². The first-order chi connectivity index (χ1) is 5.68. The van der Waals surface area contributed by atoms with Crippen LogP contribution in [0, 0.1) is 0 Å². The Morgan fingerprint density at radius 2 is 2.08 bits per heavy atom. The summed E-state index contributed by atoms with van der Waals surface area (Å²) in [4.78, 5) is 4.04. The molecule has 0 saturated carbocycles. The zero-order valence-electron chi connectivity index (χ0n) is 5.61. The Labute approximate surface area is 86.2 Å². The molecular formula is C6H2BrCl2N3. The number of fused-ring (bicyclic) bond motifs is 1. The molecular weight excluding hydrogens is 265 g/mol. The van der Waals surface area contributed by atoms with E-state index in [4.69, 9.17) is 23.2 Å². The third-order valence-corrected chi connectivity index (χ3v) is 2.42. The van der Waals surface area contributed by atoms with Crippen molar-refractivity contribution in [3.8, 4) is 0 Å². The Morgan fingerprint density at radius 1 is 1.33 bits per heavy atom. The zero-order valence-corrected chi connectivity index (χ0v) is 8.70. The maximum absolute atomic E-state index is 5.85. The van der Waals surface area contributed by atoms with E-state index >= 15 is 0 Å². The number of halogens is 3. The van der Waals surface area contributed by atoms with Crippen LogP contribution >= 0.6 is 39.1 Å². The number of aromatic amines is 1. The molecule has 2 rings (SSSR count). The molecule has 2 aromatic heterocycles. The van der Waals surface area contributed by atoms with Gasteiger partial charge in [-0.05, 0) is 22.0 Å². The van der Waals surface area contributed by atoms with E-state index in [1.54, 1.807) is 6.07 Å². The van der Waals surface area contributed by atoms with Crippen LogP contribution in [0.3, 0.4) is 0 Å². The van der Waals surface area contributed by atoms with Crippen LogP contribution in [0.25, 0.3) is 11.0 Å². The Kier molecular flexibility index (Phi) is 1.98. The summed E-state index contributed by atoms with van der Waals surface area (Å²) in [5, 5.41) is 7.49. The van der Waals surface area contributed by atoms with Crippen molar-refractivity contribution in [2.75, 3.05) is 0 Å². The predicted octanol–water partition coefficient (Wildman–Crippen LogP) is 3.03. The molecule has 1 N–H and O–H groups in total. The van der Waals surface area contributed by atoms with E-state index in [0.29, 0.717) is 25.8 Å². The van der Waals surface area contributed by atoms with Gasteiger partial charge in [0.25, 0.3) is 0 Å². The van der Waals surface area contributed by atoms with Crippen molar-refractivity contribution < 1.29 is 0 Å². The monoisotopic (exact) mass is 265 g/mol. The van der Waals surface area contributed by atoms with Crippen molar-refractivity contribution in [2.45, 2.75) is 0 Å². The van der Waals surface area contributed by atoms with Crippen LogP contribution in [0.15, 0.2) is 10.7 Å². The van der Waals surface area contributed by atoms with Gasteiger partial charge >= 0.3 is 0 Å². The topological polar surface area (TPSA) is 41.6 Å². The van der Waals surface area contributed by atoms with Gasteiger partial charge in [-0.1, -0.05) is 23.2 Å². The maximum atomic E-state index is 5.85. The third kappa shape index (κ3) is 1.20. The van der Waals surface area contributed by atoms with Crippen LogP contribution < -0.4 is 0 Å². The normalized spacial score (nSPS) is 10.9. The molecule has 0 bridgehead atoms. The number of aromatic nitrogens is 3. The molecule has 62 valence electrons. The van der Waals surface area contributed by atoms with Gasteiger partial charge in [-0.25, -0.2) is 4.98 Å². The predicted molar refractivity (Wildman–Crippen MR) is 51.6 cm³/mol. The molecule has 0 aliphatic heterocycles. The van der Waals surface area contributed by atoms with E-state index in [-0.39, 0.29) is 0 Å². The van der Waals surface area contributed by atoms with Gasteiger partial charge in [-0.15, -0.1) is 0 Å². The molecule has 0 radical (unpaired) electrons. The average Bonchev–Trinajstić information content (AvgIpc) is 2.33. The Balaban J connectivity index is 2.92. The highest BCUT2D eigenvalue weighted by atomic mass is 79.9. The minimum atomic E-state index is 0.356. The molecule has 3 nitrogen and oxygen atoms in total. The summed E-state index contributed by atoms with van der Waals surface area (Å²) >= 11 is 14.8. The second-order valence-electron chi connectivity index (χ2n) is 2.16. The van der Waals surface area contributed by atoms with Crippen molar-refractivity contribution in [3.05, 3.63) is 20.8 Å². The first-order valence-electron chi connectivity index (χ1n) is 3.04. The zero-order chi connectivity index (χ0) is 8.72. The van der Waals surface area contributed by atoms with Crippen LogP contribution in [0.2, 0.25) is 10.2 Å². The highest BCUT2D eigenvalue weighted by Gasteiger charge is 2.08. The molecule has 0 aromatic carbocycles. The van der Waals surface area contributed by atoms with E-state index in [0.717, 1.165) is 0 Å². The van der Waals surface area contributed by atoms with Gasteiger partial charge in [0, 0.05) is 0 Å². The summed E-state index contributed by atoms with van der Waals surface area (Å²) in [6.45, 7) is 0. The summed E-state index contributed by atoms with van der Waals surface area (Å²) in [5.41, 5.74) is 1.26. The summed E-state index contributed by atoms with van der Waals surface area (Å²) in [6.07, 6.45) is 0. The van der Waals surface area contributed by atoms with Gasteiger partial charge in [0.05, 0.1) is 5.02 Å². The lowest BCUT2D eigenvalue weighted by Gasteiger charge is -1.92. The highest BCUT2D eigenvalue weighted by Crippen LogP contribution is 2.27.